The van der Waals surface area contributed by atoms with Gasteiger partial charge in [-0.25, -0.2) is 0 Å². The Balaban J connectivity index is 1.60. The van der Waals surface area contributed by atoms with E-state index in [1.807, 2.05) is 7.05 Å². The lowest BCUT2D eigenvalue weighted by molar-refractivity contribution is 0.235. The van der Waals surface area contributed by atoms with Crippen molar-refractivity contribution in [1.82, 2.24) is 0 Å². The molecule has 1 heterocycles. The van der Waals surface area contributed by atoms with E-state index in [4.69, 9.17) is 0 Å². The summed E-state index contributed by atoms with van der Waals surface area (Å²) in [4.78, 5) is 2.38. The monoisotopic (exact) mass is 584 g/mol. The average Bonchev–Trinajstić information content (AvgIpc) is 3.19. The minimum atomic E-state index is -0.0466. The molecule has 44 heavy (non-hydrogen) atoms. The Bertz CT molecular complexity index is 1600. The highest BCUT2D eigenvalue weighted by Gasteiger charge is 2.38. The van der Waals surface area contributed by atoms with E-state index in [1.54, 1.807) is 0 Å². The molecule has 2 nitrogen and oxygen atoms in total. The van der Waals surface area contributed by atoms with Gasteiger partial charge in [0.2, 0.25) is 0 Å². The molecular weight excluding hydrogens is 532 g/mol. The molecule has 1 aliphatic carbocycles. The van der Waals surface area contributed by atoms with Gasteiger partial charge in [-0.05, 0) is 87.6 Å². The Morgan fingerprint density at radius 1 is 0.841 bits per heavy atom. The van der Waals surface area contributed by atoms with E-state index in [0.717, 1.165) is 19.3 Å². The van der Waals surface area contributed by atoms with Crippen LogP contribution >= 0.6 is 0 Å². The van der Waals surface area contributed by atoms with Crippen LogP contribution in [0.5, 0.6) is 0 Å². The standard InChI is InChI=1S/C42H52N2/c1-40(2,3)33-28-31(20-17-27-41(4,5)34-21-13-15-23-36(34)43-8)39(30-18-11-10-12-19-30)32(29-33)25-26-38-42(6,7)35-22-14-16-24-37(35)44(38)9/h10-26,33,43H,27-29H2,1-9H3/b20-17+,32-25+,38-26+. The van der Waals surface area contributed by atoms with Gasteiger partial charge in [0.15, 0.2) is 0 Å². The van der Waals surface area contributed by atoms with E-state index in [2.05, 4.69) is 169 Å². The Hall–Kier alpha value is -3.78. The summed E-state index contributed by atoms with van der Waals surface area (Å²) in [5.74, 6) is 0.559. The summed E-state index contributed by atoms with van der Waals surface area (Å²) >= 11 is 0. The van der Waals surface area contributed by atoms with Crippen LogP contribution in [0.25, 0.3) is 5.57 Å². The molecule has 2 aliphatic rings. The Labute approximate surface area is 267 Å². The number of anilines is 2. The maximum absolute atomic E-state index is 3.40. The molecule has 0 saturated carbocycles. The number of fused-ring (bicyclic) bond motifs is 1. The van der Waals surface area contributed by atoms with Gasteiger partial charge >= 0.3 is 0 Å². The van der Waals surface area contributed by atoms with Crippen molar-refractivity contribution in [3.8, 4) is 0 Å². The minimum absolute atomic E-state index is 0.0123. The molecule has 0 amide bonds. The highest BCUT2D eigenvalue weighted by Crippen LogP contribution is 2.49. The van der Waals surface area contributed by atoms with Crippen molar-refractivity contribution < 1.29 is 0 Å². The van der Waals surface area contributed by atoms with Crippen LogP contribution in [0.3, 0.4) is 0 Å². The Morgan fingerprint density at radius 3 is 2.18 bits per heavy atom. The third kappa shape index (κ3) is 6.23. The second-order valence-electron chi connectivity index (χ2n) is 15.0. The maximum atomic E-state index is 3.40. The van der Waals surface area contributed by atoms with Crippen molar-refractivity contribution in [2.24, 2.45) is 11.3 Å². The van der Waals surface area contributed by atoms with Crippen LogP contribution < -0.4 is 10.2 Å². The number of hydrogen-bond donors (Lipinski definition) is 1. The number of nitrogens with one attached hydrogen (secondary N) is 1. The second-order valence-corrected chi connectivity index (χ2v) is 15.0. The van der Waals surface area contributed by atoms with Crippen molar-refractivity contribution in [3.05, 3.63) is 137 Å². The van der Waals surface area contributed by atoms with Crippen molar-refractivity contribution >= 4 is 16.9 Å². The number of para-hydroxylation sites is 2. The topological polar surface area (TPSA) is 15.3 Å². The number of likely N-dealkylation sites (N-methyl/N-ethyl adjacent to an activating group) is 1. The van der Waals surface area contributed by atoms with E-state index in [9.17, 15) is 0 Å². The summed E-state index contributed by atoms with van der Waals surface area (Å²) in [6.07, 6.45) is 12.9. The largest absolute Gasteiger partial charge is 0.388 e. The average molecular weight is 585 g/mol. The second kappa shape index (κ2) is 12.3. The van der Waals surface area contributed by atoms with Gasteiger partial charge in [-0.15, -0.1) is 0 Å². The summed E-state index contributed by atoms with van der Waals surface area (Å²) in [7, 11) is 4.23. The molecule has 230 valence electrons. The number of allylic oxidation sites excluding steroid dienone is 8. The van der Waals surface area contributed by atoms with Gasteiger partial charge in [0, 0.05) is 36.6 Å². The first-order valence-electron chi connectivity index (χ1n) is 16.3. The summed E-state index contributed by atoms with van der Waals surface area (Å²) < 4.78 is 0. The molecule has 0 saturated heterocycles. The fourth-order valence-corrected chi connectivity index (χ4v) is 7.28. The molecule has 0 bridgehead atoms. The van der Waals surface area contributed by atoms with Gasteiger partial charge in [0.05, 0.1) is 0 Å². The van der Waals surface area contributed by atoms with Crippen molar-refractivity contribution in [1.29, 1.82) is 0 Å². The van der Waals surface area contributed by atoms with Gasteiger partial charge < -0.3 is 10.2 Å². The first-order chi connectivity index (χ1) is 20.8. The highest BCUT2D eigenvalue weighted by molar-refractivity contribution is 5.84. The van der Waals surface area contributed by atoms with Crippen molar-refractivity contribution in [2.75, 3.05) is 24.3 Å². The smallest absolute Gasteiger partial charge is 0.0447 e. The van der Waals surface area contributed by atoms with E-state index in [-0.39, 0.29) is 16.2 Å². The van der Waals surface area contributed by atoms with Crippen LogP contribution in [-0.4, -0.2) is 14.1 Å². The molecule has 1 aliphatic heterocycles. The Kier molecular flexibility index (Phi) is 8.85. The third-order valence-electron chi connectivity index (χ3n) is 10.1. The minimum Gasteiger partial charge on any atom is -0.388 e. The molecule has 1 atom stereocenters. The molecule has 1 unspecified atom stereocenters. The maximum Gasteiger partial charge on any atom is 0.0447 e. The molecule has 0 radical (unpaired) electrons. The molecule has 0 fully saturated rings. The van der Waals surface area contributed by atoms with Gasteiger partial charge in [0.1, 0.15) is 0 Å². The van der Waals surface area contributed by atoms with Gasteiger partial charge in [-0.1, -0.05) is 133 Å². The third-order valence-corrected chi connectivity index (χ3v) is 10.1. The zero-order valence-electron chi connectivity index (χ0n) is 28.5. The fraction of sp³-hybridized carbons (Fsp3) is 0.381. The number of rotatable bonds is 7. The van der Waals surface area contributed by atoms with Crippen LogP contribution in [-0.2, 0) is 10.8 Å². The van der Waals surface area contributed by atoms with E-state index < -0.39 is 0 Å². The van der Waals surface area contributed by atoms with E-state index >= 15 is 0 Å². The quantitative estimate of drug-likeness (QED) is 0.297. The summed E-state index contributed by atoms with van der Waals surface area (Å²) in [6, 6.07) is 28.6. The molecule has 0 spiro atoms. The predicted octanol–water partition coefficient (Wildman–Crippen LogP) is 11.1. The number of nitrogens with zero attached hydrogens (tertiary/aromatic N) is 1. The SMILES string of the molecule is CNc1ccccc1C(C)(C)C/C=C/C1=C(c2ccccc2)C(=C/C=C2/N(C)c3ccccc3C2(C)C)/CC(C(C)(C)C)C1. The normalized spacial score (nSPS) is 20.6. The lowest BCUT2D eigenvalue weighted by Gasteiger charge is -2.37. The Morgan fingerprint density at radius 2 is 1.50 bits per heavy atom. The molecule has 1 N–H and O–H groups in total. The van der Waals surface area contributed by atoms with Crippen LogP contribution in [0.4, 0.5) is 11.4 Å². The summed E-state index contributed by atoms with van der Waals surface area (Å²) in [6.45, 7) is 16.6. The first kappa shape index (κ1) is 31.6. The molecule has 0 aromatic heterocycles. The van der Waals surface area contributed by atoms with Crippen LogP contribution in [0, 0.1) is 11.3 Å². The molecule has 3 aromatic rings. The highest BCUT2D eigenvalue weighted by atomic mass is 15.2. The lowest BCUT2D eigenvalue weighted by Crippen LogP contribution is -2.25. The zero-order chi connectivity index (χ0) is 31.7. The van der Waals surface area contributed by atoms with E-state index in [0.29, 0.717) is 5.92 Å². The fourth-order valence-electron chi connectivity index (χ4n) is 7.28. The zero-order valence-corrected chi connectivity index (χ0v) is 28.5. The van der Waals surface area contributed by atoms with Gasteiger partial charge in [-0.2, -0.15) is 0 Å². The van der Waals surface area contributed by atoms with Crippen LogP contribution in [0.2, 0.25) is 0 Å². The summed E-state index contributed by atoms with van der Waals surface area (Å²) in [5, 5.41) is 3.40. The van der Waals surface area contributed by atoms with Crippen LogP contribution in [0.1, 0.15) is 84.4 Å². The predicted molar refractivity (Wildman–Crippen MR) is 192 cm³/mol. The number of hydrogen-bond acceptors (Lipinski definition) is 2. The molecular formula is C42H52N2. The van der Waals surface area contributed by atoms with E-state index in [1.165, 1.54) is 50.5 Å². The van der Waals surface area contributed by atoms with Crippen molar-refractivity contribution in [2.45, 2.75) is 78.6 Å². The van der Waals surface area contributed by atoms with Gasteiger partial charge in [-0.3, -0.25) is 0 Å². The lowest BCUT2D eigenvalue weighted by atomic mass is 9.67. The van der Waals surface area contributed by atoms with Crippen LogP contribution in [0.15, 0.2) is 120 Å². The first-order valence-corrected chi connectivity index (χ1v) is 16.3. The number of benzene rings is 3. The molecule has 2 heteroatoms. The molecule has 5 rings (SSSR count). The summed E-state index contributed by atoms with van der Waals surface area (Å²) in [5.41, 5.74) is 12.4. The van der Waals surface area contributed by atoms with Crippen molar-refractivity contribution in [3.63, 3.8) is 0 Å². The molecule has 3 aromatic carbocycles. The van der Waals surface area contributed by atoms with Gasteiger partial charge in [0.25, 0.3) is 0 Å².